The normalized spacial score (nSPS) is 17.4. The van der Waals surface area contributed by atoms with E-state index >= 15 is 0 Å². The summed E-state index contributed by atoms with van der Waals surface area (Å²) in [7, 11) is 1.56. The zero-order valence-corrected chi connectivity index (χ0v) is 11.7. The number of nitrogens with one attached hydrogen (secondary N) is 1. The van der Waals surface area contributed by atoms with Gasteiger partial charge in [0.25, 0.3) is 5.91 Å². The first-order chi connectivity index (χ1) is 10.1. The summed E-state index contributed by atoms with van der Waals surface area (Å²) in [6.45, 7) is 2.33. The number of carbonyl (C=O) groups excluding carboxylic acids is 2. The van der Waals surface area contributed by atoms with E-state index in [1.165, 1.54) is 6.39 Å². The van der Waals surface area contributed by atoms with Gasteiger partial charge in [0.2, 0.25) is 11.7 Å². The lowest BCUT2D eigenvalue weighted by atomic mass is 10.1. The Kier molecular flexibility index (Phi) is 3.20. The van der Waals surface area contributed by atoms with Crippen molar-refractivity contribution >= 4 is 11.8 Å². The maximum atomic E-state index is 12.5. The first-order valence-corrected chi connectivity index (χ1v) is 6.55. The van der Waals surface area contributed by atoms with E-state index in [2.05, 4.69) is 15.4 Å². The molecule has 0 unspecified atom stereocenters. The summed E-state index contributed by atoms with van der Waals surface area (Å²) in [5.41, 5.74) is 1.34. The van der Waals surface area contributed by atoms with Crippen LogP contribution in [0.15, 0.2) is 23.1 Å². The quantitative estimate of drug-likeness (QED) is 0.847. The summed E-state index contributed by atoms with van der Waals surface area (Å²) in [6, 6.07) is 1.25. The average molecular weight is 289 g/mol. The Morgan fingerprint density at radius 3 is 2.95 bits per heavy atom. The SMILES string of the molecule is CNC(=O)[C@H]1CN(C(=O)c2ocnc2C)Cc2ccnn21. The molecule has 1 aliphatic heterocycles. The van der Waals surface area contributed by atoms with Gasteiger partial charge in [0, 0.05) is 13.2 Å². The van der Waals surface area contributed by atoms with Crippen LogP contribution in [0.1, 0.15) is 28.0 Å². The third-order valence-electron chi connectivity index (χ3n) is 3.57. The van der Waals surface area contributed by atoms with Crippen molar-refractivity contribution < 1.29 is 14.0 Å². The monoisotopic (exact) mass is 289 g/mol. The number of aryl methyl sites for hydroxylation is 1. The zero-order valence-electron chi connectivity index (χ0n) is 11.7. The molecule has 0 fully saturated rings. The smallest absolute Gasteiger partial charge is 0.292 e. The van der Waals surface area contributed by atoms with E-state index in [9.17, 15) is 9.59 Å². The second-order valence-electron chi connectivity index (χ2n) is 4.85. The van der Waals surface area contributed by atoms with Crippen LogP contribution in [0.2, 0.25) is 0 Å². The molecule has 0 saturated carbocycles. The number of rotatable bonds is 2. The molecule has 3 rings (SSSR count). The van der Waals surface area contributed by atoms with Crippen LogP contribution >= 0.6 is 0 Å². The predicted molar refractivity (Wildman–Crippen MR) is 71.3 cm³/mol. The molecule has 0 aromatic carbocycles. The third-order valence-corrected chi connectivity index (χ3v) is 3.57. The van der Waals surface area contributed by atoms with E-state index in [0.717, 1.165) is 5.69 Å². The number of carbonyl (C=O) groups is 2. The zero-order chi connectivity index (χ0) is 15.0. The highest BCUT2D eigenvalue weighted by Crippen LogP contribution is 2.22. The molecule has 8 heteroatoms. The topological polar surface area (TPSA) is 93.3 Å². The van der Waals surface area contributed by atoms with Gasteiger partial charge < -0.3 is 14.6 Å². The Labute approximate surface area is 120 Å². The molecule has 1 N–H and O–H groups in total. The van der Waals surface area contributed by atoms with Crippen LogP contribution in [-0.2, 0) is 11.3 Å². The summed E-state index contributed by atoms with van der Waals surface area (Å²) in [6.07, 6.45) is 2.87. The van der Waals surface area contributed by atoms with Crippen molar-refractivity contribution in [2.24, 2.45) is 0 Å². The molecular formula is C13H15N5O3. The van der Waals surface area contributed by atoms with Crippen LogP contribution in [0.25, 0.3) is 0 Å². The van der Waals surface area contributed by atoms with Crippen molar-refractivity contribution in [3.63, 3.8) is 0 Å². The second-order valence-corrected chi connectivity index (χ2v) is 4.85. The van der Waals surface area contributed by atoms with Crippen LogP contribution in [0.5, 0.6) is 0 Å². The van der Waals surface area contributed by atoms with Gasteiger partial charge in [-0.05, 0) is 13.0 Å². The maximum Gasteiger partial charge on any atom is 0.292 e. The van der Waals surface area contributed by atoms with E-state index in [-0.39, 0.29) is 24.1 Å². The standard InChI is InChI=1S/C13H15N5O3/c1-8-11(21-7-15-8)13(20)17-5-9-3-4-16-18(9)10(6-17)12(19)14-2/h3-4,7,10H,5-6H2,1-2H3,(H,14,19)/t10-/m1/s1. The van der Waals surface area contributed by atoms with Crippen LogP contribution in [-0.4, -0.2) is 45.1 Å². The Morgan fingerprint density at radius 2 is 2.29 bits per heavy atom. The van der Waals surface area contributed by atoms with E-state index in [4.69, 9.17) is 4.42 Å². The van der Waals surface area contributed by atoms with Gasteiger partial charge >= 0.3 is 0 Å². The lowest BCUT2D eigenvalue weighted by Crippen LogP contribution is -2.46. The highest BCUT2D eigenvalue weighted by atomic mass is 16.3. The summed E-state index contributed by atoms with van der Waals surface area (Å²) < 4.78 is 6.79. The minimum Gasteiger partial charge on any atom is -0.438 e. The Bertz CT molecular complexity index is 690. The first kappa shape index (κ1) is 13.3. The average Bonchev–Trinajstić information content (AvgIpc) is 3.12. The highest BCUT2D eigenvalue weighted by molar-refractivity contribution is 5.93. The number of hydrogen-bond donors (Lipinski definition) is 1. The summed E-state index contributed by atoms with van der Waals surface area (Å²) >= 11 is 0. The molecular weight excluding hydrogens is 274 g/mol. The van der Waals surface area contributed by atoms with E-state index in [0.29, 0.717) is 12.2 Å². The molecule has 0 aliphatic carbocycles. The number of likely N-dealkylation sites (N-methyl/N-ethyl adjacent to an activating group) is 1. The lowest BCUT2D eigenvalue weighted by Gasteiger charge is -2.32. The molecule has 110 valence electrons. The number of fused-ring (bicyclic) bond motifs is 1. The molecule has 0 spiro atoms. The molecule has 21 heavy (non-hydrogen) atoms. The van der Waals surface area contributed by atoms with Crippen molar-refractivity contribution in [3.8, 4) is 0 Å². The lowest BCUT2D eigenvalue weighted by molar-refractivity contribution is -0.125. The minimum absolute atomic E-state index is 0.188. The molecule has 1 aliphatic rings. The highest BCUT2D eigenvalue weighted by Gasteiger charge is 2.34. The molecule has 8 nitrogen and oxygen atoms in total. The maximum absolute atomic E-state index is 12.5. The van der Waals surface area contributed by atoms with Gasteiger partial charge in [-0.2, -0.15) is 5.10 Å². The number of nitrogens with zero attached hydrogens (tertiary/aromatic N) is 4. The minimum atomic E-state index is -0.541. The molecule has 2 aromatic rings. The second kappa shape index (κ2) is 5.04. The van der Waals surface area contributed by atoms with E-state index in [1.54, 1.807) is 35.8 Å². The molecule has 2 aromatic heterocycles. The summed E-state index contributed by atoms with van der Waals surface area (Å²) in [5.74, 6) is -0.253. The molecule has 0 radical (unpaired) electrons. The molecule has 0 bridgehead atoms. The van der Waals surface area contributed by atoms with Crippen LogP contribution in [0, 0.1) is 6.92 Å². The molecule has 3 heterocycles. The van der Waals surface area contributed by atoms with Gasteiger partial charge in [-0.1, -0.05) is 0 Å². The van der Waals surface area contributed by atoms with Gasteiger partial charge in [-0.15, -0.1) is 0 Å². The van der Waals surface area contributed by atoms with Crippen LogP contribution in [0.3, 0.4) is 0 Å². The Balaban J connectivity index is 1.91. The number of oxazole rings is 1. The van der Waals surface area contributed by atoms with Crippen LogP contribution in [0.4, 0.5) is 0 Å². The summed E-state index contributed by atoms with van der Waals surface area (Å²) in [5, 5.41) is 6.76. The Hall–Kier alpha value is -2.64. The fourth-order valence-electron chi connectivity index (χ4n) is 2.46. The fourth-order valence-corrected chi connectivity index (χ4v) is 2.46. The molecule has 0 saturated heterocycles. The number of aromatic nitrogens is 3. The van der Waals surface area contributed by atoms with E-state index in [1.807, 2.05) is 0 Å². The van der Waals surface area contributed by atoms with Crippen molar-refractivity contribution in [1.29, 1.82) is 0 Å². The van der Waals surface area contributed by atoms with Gasteiger partial charge in [0.1, 0.15) is 6.04 Å². The van der Waals surface area contributed by atoms with Crippen molar-refractivity contribution in [1.82, 2.24) is 25.0 Å². The van der Waals surface area contributed by atoms with Crippen molar-refractivity contribution in [3.05, 3.63) is 35.8 Å². The van der Waals surface area contributed by atoms with Crippen LogP contribution < -0.4 is 5.32 Å². The number of hydrogen-bond acceptors (Lipinski definition) is 5. The van der Waals surface area contributed by atoms with Gasteiger partial charge in [-0.3, -0.25) is 14.3 Å². The van der Waals surface area contributed by atoms with E-state index < -0.39 is 6.04 Å². The van der Waals surface area contributed by atoms with Crippen molar-refractivity contribution in [2.45, 2.75) is 19.5 Å². The van der Waals surface area contributed by atoms with Gasteiger partial charge in [0.05, 0.1) is 24.5 Å². The third kappa shape index (κ3) is 2.18. The van der Waals surface area contributed by atoms with Gasteiger partial charge in [0.15, 0.2) is 6.39 Å². The predicted octanol–water partition coefficient (Wildman–Crippen LogP) is 0.123. The largest absolute Gasteiger partial charge is 0.438 e. The fraction of sp³-hybridized carbons (Fsp3) is 0.385. The Morgan fingerprint density at radius 1 is 1.48 bits per heavy atom. The first-order valence-electron chi connectivity index (χ1n) is 6.55. The number of amides is 2. The summed E-state index contributed by atoms with van der Waals surface area (Å²) in [4.78, 5) is 30.0. The van der Waals surface area contributed by atoms with Gasteiger partial charge in [-0.25, -0.2) is 4.98 Å². The molecule has 1 atom stereocenters. The van der Waals surface area contributed by atoms with Crippen molar-refractivity contribution in [2.75, 3.05) is 13.6 Å². The molecule has 2 amide bonds.